The third-order valence-corrected chi connectivity index (χ3v) is 1.65. The summed E-state index contributed by atoms with van der Waals surface area (Å²) >= 11 is 0. The molecule has 1 aromatic heterocycles. The molecule has 0 saturated carbocycles. The number of ether oxygens (including phenoxy) is 1. The number of nitrogens with zero attached hydrogens (tertiary/aromatic N) is 1. The fraction of sp³-hybridized carbons (Fsp3) is 0.333. The van der Waals surface area contributed by atoms with Crippen molar-refractivity contribution in [1.82, 2.24) is 4.98 Å². The van der Waals surface area contributed by atoms with Crippen molar-refractivity contribution in [3.63, 3.8) is 0 Å². The van der Waals surface area contributed by atoms with E-state index in [0.29, 0.717) is 18.1 Å². The summed E-state index contributed by atoms with van der Waals surface area (Å²) in [6, 6.07) is 3.57. The predicted octanol–water partition coefficient (Wildman–Crippen LogP) is 0.377. The Kier molecular flexibility index (Phi) is 3.72. The predicted molar refractivity (Wildman–Crippen MR) is 53.1 cm³/mol. The van der Waals surface area contributed by atoms with Crippen LogP contribution in [0.15, 0.2) is 18.3 Å². The topological polar surface area (TPSA) is 77.2 Å². The monoisotopic (exact) mass is 195 g/mol. The number of hydrogen-bond donors (Lipinski definition) is 2. The van der Waals surface area contributed by atoms with Gasteiger partial charge in [-0.15, -0.1) is 0 Å². The largest absolute Gasteiger partial charge is 0.493 e. The molecule has 5 nitrogen and oxygen atoms in total. The van der Waals surface area contributed by atoms with E-state index in [1.54, 1.807) is 25.4 Å². The van der Waals surface area contributed by atoms with Crippen LogP contribution in [0.5, 0.6) is 5.75 Å². The lowest BCUT2D eigenvalue weighted by molar-refractivity contribution is -0.117. The molecule has 0 aliphatic heterocycles. The SMILES string of the molecule is COc1cccnc1NCCC(N)=O. The van der Waals surface area contributed by atoms with Gasteiger partial charge < -0.3 is 15.8 Å². The smallest absolute Gasteiger partial charge is 0.219 e. The van der Waals surface area contributed by atoms with Gasteiger partial charge in [0.25, 0.3) is 0 Å². The van der Waals surface area contributed by atoms with E-state index in [0.717, 1.165) is 0 Å². The second-order valence-corrected chi connectivity index (χ2v) is 2.70. The number of rotatable bonds is 5. The standard InChI is InChI=1S/C9H13N3O2/c1-14-7-3-2-5-11-9(7)12-6-4-8(10)13/h2-3,5H,4,6H2,1H3,(H2,10,13)(H,11,12). The van der Waals surface area contributed by atoms with Crippen molar-refractivity contribution in [3.8, 4) is 5.75 Å². The van der Waals surface area contributed by atoms with E-state index in [1.807, 2.05) is 0 Å². The lowest BCUT2D eigenvalue weighted by Crippen LogP contribution is -2.16. The van der Waals surface area contributed by atoms with E-state index in [9.17, 15) is 4.79 Å². The molecule has 76 valence electrons. The van der Waals surface area contributed by atoms with Crippen LogP contribution >= 0.6 is 0 Å². The van der Waals surface area contributed by atoms with E-state index in [-0.39, 0.29) is 12.3 Å². The Morgan fingerprint density at radius 1 is 1.71 bits per heavy atom. The van der Waals surface area contributed by atoms with Gasteiger partial charge in [-0.3, -0.25) is 4.79 Å². The van der Waals surface area contributed by atoms with Crippen LogP contribution < -0.4 is 15.8 Å². The first kappa shape index (κ1) is 10.3. The molecule has 14 heavy (non-hydrogen) atoms. The molecule has 0 fully saturated rings. The summed E-state index contributed by atoms with van der Waals surface area (Å²) in [4.78, 5) is 14.5. The van der Waals surface area contributed by atoms with Crippen molar-refractivity contribution in [3.05, 3.63) is 18.3 Å². The molecule has 0 atom stereocenters. The first-order valence-corrected chi connectivity index (χ1v) is 4.25. The van der Waals surface area contributed by atoms with E-state index >= 15 is 0 Å². The number of anilines is 1. The number of methoxy groups -OCH3 is 1. The zero-order valence-corrected chi connectivity index (χ0v) is 7.99. The Morgan fingerprint density at radius 3 is 3.14 bits per heavy atom. The maximum absolute atomic E-state index is 10.5. The zero-order valence-electron chi connectivity index (χ0n) is 7.99. The second kappa shape index (κ2) is 5.06. The molecular formula is C9H13N3O2. The molecule has 1 aromatic rings. The van der Waals surface area contributed by atoms with Crippen LogP contribution in [0.2, 0.25) is 0 Å². The van der Waals surface area contributed by atoms with Crippen LogP contribution in [0.4, 0.5) is 5.82 Å². The third-order valence-electron chi connectivity index (χ3n) is 1.65. The quantitative estimate of drug-likeness (QED) is 0.712. The van der Waals surface area contributed by atoms with Gasteiger partial charge in [0.15, 0.2) is 11.6 Å². The van der Waals surface area contributed by atoms with Gasteiger partial charge >= 0.3 is 0 Å². The number of nitrogens with two attached hydrogens (primary N) is 1. The molecule has 0 aliphatic rings. The van der Waals surface area contributed by atoms with Crippen LogP contribution in [-0.2, 0) is 4.79 Å². The molecule has 3 N–H and O–H groups in total. The molecule has 0 saturated heterocycles. The maximum Gasteiger partial charge on any atom is 0.219 e. The van der Waals surface area contributed by atoms with E-state index < -0.39 is 0 Å². The number of amides is 1. The van der Waals surface area contributed by atoms with Crippen molar-refractivity contribution in [2.24, 2.45) is 5.73 Å². The maximum atomic E-state index is 10.5. The van der Waals surface area contributed by atoms with Crippen LogP contribution in [0.25, 0.3) is 0 Å². The molecule has 0 spiro atoms. The first-order valence-electron chi connectivity index (χ1n) is 4.25. The molecule has 1 amide bonds. The highest BCUT2D eigenvalue weighted by Gasteiger charge is 2.02. The Labute approximate surface area is 82.3 Å². The number of pyridine rings is 1. The fourth-order valence-electron chi connectivity index (χ4n) is 0.992. The van der Waals surface area contributed by atoms with Gasteiger partial charge in [-0.2, -0.15) is 0 Å². The van der Waals surface area contributed by atoms with E-state index in [2.05, 4.69) is 10.3 Å². The van der Waals surface area contributed by atoms with Gasteiger partial charge in [-0.05, 0) is 12.1 Å². The molecule has 0 aliphatic carbocycles. The van der Waals surface area contributed by atoms with E-state index in [1.165, 1.54) is 0 Å². The second-order valence-electron chi connectivity index (χ2n) is 2.70. The van der Waals surface area contributed by atoms with Gasteiger partial charge in [0.2, 0.25) is 5.91 Å². The average Bonchev–Trinajstić information content (AvgIpc) is 2.18. The van der Waals surface area contributed by atoms with Crippen LogP contribution in [0, 0.1) is 0 Å². The molecule has 1 rings (SSSR count). The molecule has 5 heteroatoms. The Morgan fingerprint density at radius 2 is 2.50 bits per heavy atom. The Bertz CT molecular complexity index is 315. The van der Waals surface area contributed by atoms with Gasteiger partial charge in [-0.25, -0.2) is 4.98 Å². The molecule has 0 radical (unpaired) electrons. The molecule has 0 aromatic carbocycles. The number of carbonyl (C=O) groups is 1. The van der Waals surface area contributed by atoms with E-state index in [4.69, 9.17) is 10.5 Å². The Balaban J connectivity index is 2.53. The van der Waals surface area contributed by atoms with Crippen LogP contribution in [0.1, 0.15) is 6.42 Å². The molecule has 0 bridgehead atoms. The highest BCUT2D eigenvalue weighted by atomic mass is 16.5. The number of aromatic nitrogens is 1. The summed E-state index contributed by atoms with van der Waals surface area (Å²) in [5.74, 6) is 0.931. The van der Waals surface area contributed by atoms with Gasteiger partial charge in [-0.1, -0.05) is 0 Å². The van der Waals surface area contributed by atoms with Crippen LogP contribution in [0.3, 0.4) is 0 Å². The number of nitrogens with one attached hydrogen (secondary N) is 1. The summed E-state index contributed by atoms with van der Waals surface area (Å²) in [7, 11) is 1.57. The summed E-state index contributed by atoms with van der Waals surface area (Å²) in [6.07, 6.45) is 1.93. The first-order chi connectivity index (χ1) is 6.74. The summed E-state index contributed by atoms with van der Waals surface area (Å²) < 4.78 is 5.06. The van der Waals surface area contributed by atoms with Crippen LogP contribution in [-0.4, -0.2) is 24.5 Å². The van der Waals surface area contributed by atoms with Crippen molar-refractivity contribution < 1.29 is 9.53 Å². The van der Waals surface area contributed by atoms with Crippen molar-refractivity contribution in [1.29, 1.82) is 0 Å². The number of primary amides is 1. The van der Waals surface area contributed by atoms with Gasteiger partial charge in [0, 0.05) is 19.2 Å². The summed E-state index contributed by atoms with van der Waals surface area (Å²) in [5, 5.41) is 2.96. The lowest BCUT2D eigenvalue weighted by Gasteiger charge is -2.08. The third kappa shape index (κ3) is 2.93. The van der Waals surface area contributed by atoms with Crippen molar-refractivity contribution in [2.45, 2.75) is 6.42 Å². The minimum Gasteiger partial charge on any atom is -0.493 e. The number of hydrogen-bond acceptors (Lipinski definition) is 4. The minimum absolute atomic E-state index is 0.278. The number of carbonyl (C=O) groups excluding carboxylic acids is 1. The normalized spacial score (nSPS) is 9.50. The average molecular weight is 195 g/mol. The lowest BCUT2D eigenvalue weighted by atomic mass is 10.4. The molecule has 1 heterocycles. The minimum atomic E-state index is -0.340. The highest BCUT2D eigenvalue weighted by Crippen LogP contribution is 2.19. The van der Waals surface area contributed by atoms with Crippen molar-refractivity contribution >= 4 is 11.7 Å². The Hall–Kier alpha value is -1.78. The fourth-order valence-corrected chi connectivity index (χ4v) is 0.992. The van der Waals surface area contributed by atoms with Gasteiger partial charge in [0.1, 0.15) is 0 Å². The summed E-state index contributed by atoms with van der Waals surface area (Å²) in [5.41, 5.74) is 5.00. The summed E-state index contributed by atoms with van der Waals surface area (Å²) in [6.45, 7) is 0.461. The zero-order chi connectivity index (χ0) is 10.4. The molecule has 0 unspecified atom stereocenters. The molecular weight excluding hydrogens is 182 g/mol. The highest BCUT2D eigenvalue weighted by molar-refractivity contribution is 5.74. The van der Waals surface area contributed by atoms with Crippen molar-refractivity contribution in [2.75, 3.05) is 19.0 Å². The van der Waals surface area contributed by atoms with Gasteiger partial charge in [0.05, 0.1) is 7.11 Å².